The highest BCUT2D eigenvalue weighted by Gasteiger charge is 2.22. The van der Waals surface area contributed by atoms with Crippen molar-refractivity contribution in [3.8, 4) is 5.75 Å². The zero-order valence-corrected chi connectivity index (χ0v) is 19.1. The van der Waals surface area contributed by atoms with Crippen LogP contribution >= 0.6 is 23.2 Å². The maximum atomic E-state index is 12.1. The van der Waals surface area contributed by atoms with Crippen molar-refractivity contribution in [2.45, 2.75) is 32.8 Å². The number of halogens is 2. The van der Waals surface area contributed by atoms with Crippen molar-refractivity contribution in [2.75, 3.05) is 6.61 Å². The molecule has 7 heteroatoms. The Bertz CT molecular complexity index is 1180. The molecule has 3 aromatic rings. The summed E-state index contributed by atoms with van der Waals surface area (Å²) in [7, 11) is 0. The van der Waals surface area contributed by atoms with Crippen molar-refractivity contribution in [3.05, 3.63) is 87.4 Å². The SMILES string of the molecule is CCOC(=O)c1cncc(C2=C(c3ccccc3OCc3ccc(Cl)cc3Cl)CCC2)n1. The molecule has 0 bridgehead atoms. The lowest BCUT2D eigenvalue weighted by molar-refractivity contribution is 0.0519. The molecule has 1 aliphatic rings. The number of aromatic nitrogens is 2. The largest absolute Gasteiger partial charge is 0.488 e. The Labute approximate surface area is 197 Å². The average Bonchev–Trinajstić information content (AvgIpc) is 3.29. The van der Waals surface area contributed by atoms with E-state index in [1.54, 1.807) is 25.3 Å². The molecule has 0 saturated heterocycles. The van der Waals surface area contributed by atoms with E-state index in [0.29, 0.717) is 29.0 Å². The molecule has 32 heavy (non-hydrogen) atoms. The minimum atomic E-state index is -0.467. The summed E-state index contributed by atoms with van der Waals surface area (Å²) in [5.41, 5.74) is 5.00. The lowest BCUT2D eigenvalue weighted by Crippen LogP contribution is -2.09. The second-order valence-electron chi connectivity index (χ2n) is 7.34. The number of ether oxygens (including phenoxy) is 2. The first-order chi connectivity index (χ1) is 15.6. The van der Waals surface area contributed by atoms with Gasteiger partial charge in [-0.2, -0.15) is 0 Å². The second kappa shape index (κ2) is 10.2. The number of hydrogen-bond acceptors (Lipinski definition) is 5. The summed E-state index contributed by atoms with van der Waals surface area (Å²) in [5, 5.41) is 1.16. The zero-order valence-electron chi connectivity index (χ0n) is 17.6. The maximum Gasteiger partial charge on any atom is 0.358 e. The highest BCUT2D eigenvalue weighted by molar-refractivity contribution is 6.35. The van der Waals surface area contributed by atoms with E-state index in [1.807, 2.05) is 30.3 Å². The van der Waals surface area contributed by atoms with Crippen molar-refractivity contribution < 1.29 is 14.3 Å². The van der Waals surface area contributed by atoms with Gasteiger partial charge in [-0.3, -0.25) is 4.98 Å². The Morgan fingerprint density at radius 1 is 1.06 bits per heavy atom. The van der Waals surface area contributed by atoms with Gasteiger partial charge in [-0.05, 0) is 55.5 Å². The number of carbonyl (C=O) groups is 1. The van der Waals surface area contributed by atoms with Crippen molar-refractivity contribution in [1.82, 2.24) is 9.97 Å². The third-order valence-electron chi connectivity index (χ3n) is 5.26. The molecule has 1 aromatic heterocycles. The fourth-order valence-corrected chi connectivity index (χ4v) is 4.24. The van der Waals surface area contributed by atoms with E-state index in [1.165, 1.54) is 6.20 Å². The summed E-state index contributed by atoms with van der Waals surface area (Å²) in [4.78, 5) is 20.9. The number of hydrogen-bond donors (Lipinski definition) is 0. The lowest BCUT2D eigenvalue weighted by Gasteiger charge is -2.15. The minimum absolute atomic E-state index is 0.213. The summed E-state index contributed by atoms with van der Waals surface area (Å²) in [6.45, 7) is 2.38. The molecule has 0 N–H and O–H groups in total. The normalized spacial score (nSPS) is 13.3. The molecule has 1 heterocycles. The Balaban J connectivity index is 1.65. The standard InChI is InChI=1S/C25H22Cl2N2O3/c1-2-31-25(30)23-14-28-13-22(29-23)19-8-5-7-18(19)20-6-3-4-9-24(20)32-15-16-10-11-17(26)12-21(16)27/h3-4,6,9-14H,2,5,7-8,15H2,1H3. The van der Waals surface area contributed by atoms with Crippen LogP contribution in [0.25, 0.3) is 11.1 Å². The molecule has 0 aliphatic heterocycles. The molecule has 0 fully saturated rings. The second-order valence-corrected chi connectivity index (χ2v) is 8.18. The summed E-state index contributed by atoms with van der Waals surface area (Å²) in [5.74, 6) is 0.299. The predicted molar refractivity (Wildman–Crippen MR) is 126 cm³/mol. The van der Waals surface area contributed by atoms with Crippen LogP contribution in [0.15, 0.2) is 54.9 Å². The van der Waals surface area contributed by atoms with Gasteiger partial charge in [-0.1, -0.05) is 47.5 Å². The van der Waals surface area contributed by atoms with Gasteiger partial charge in [0.25, 0.3) is 0 Å². The van der Waals surface area contributed by atoms with E-state index in [9.17, 15) is 4.79 Å². The summed E-state index contributed by atoms with van der Waals surface area (Å²) in [6, 6.07) is 13.3. The molecule has 4 rings (SSSR count). The van der Waals surface area contributed by atoms with Crippen molar-refractivity contribution >= 4 is 40.3 Å². The molecular weight excluding hydrogens is 447 g/mol. The molecule has 0 atom stereocenters. The number of para-hydroxylation sites is 1. The maximum absolute atomic E-state index is 12.1. The highest BCUT2D eigenvalue weighted by Crippen LogP contribution is 2.42. The van der Waals surface area contributed by atoms with Gasteiger partial charge in [0.05, 0.1) is 24.7 Å². The van der Waals surface area contributed by atoms with Crippen LogP contribution in [0.1, 0.15) is 53.5 Å². The first kappa shape index (κ1) is 22.3. The Morgan fingerprint density at radius 2 is 1.88 bits per heavy atom. The van der Waals surface area contributed by atoms with Gasteiger partial charge in [-0.25, -0.2) is 9.78 Å². The van der Waals surface area contributed by atoms with Crippen LogP contribution < -0.4 is 4.74 Å². The smallest absolute Gasteiger partial charge is 0.358 e. The topological polar surface area (TPSA) is 61.3 Å². The van der Waals surface area contributed by atoms with Gasteiger partial charge in [0.2, 0.25) is 0 Å². The third kappa shape index (κ3) is 4.95. The fourth-order valence-electron chi connectivity index (χ4n) is 3.77. The molecule has 0 amide bonds. The van der Waals surface area contributed by atoms with E-state index < -0.39 is 5.97 Å². The average molecular weight is 469 g/mol. The number of rotatable bonds is 7. The number of allylic oxidation sites excluding steroid dienone is 2. The highest BCUT2D eigenvalue weighted by atomic mass is 35.5. The van der Waals surface area contributed by atoms with Gasteiger partial charge < -0.3 is 9.47 Å². The van der Waals surface area contributed by atoms with Gasteiger partial charge in [-0.15, -0.1) is 0 Å². The monoisotopic (exact) mass is 468 g/mol. The summed E-state index contributed by atoms with van der Waals surface area (Å²) >= 11 is 12.3. The van der Waals surface area contributed by atoms with Gasteiger partial charge in [0, 0.05) is 21.2 Å². The van der Waals surface area contributed by atoms with Crippen LogP contribution in [-0.2, 0) is 11.3 Å². The predicted octanol–water partition coefficient (Wildman–Crippen LogP) is 6.63. The molecule has 164 valence electrons. The molecule has 0 radical (unpaired) electrons. The third-order valence-corrected chi connectivity index (χ3v) is 5.84. The molecular formula is C25H22Cl2N2O3. The van der Waals surface area contributed by atoms with E-state index in [-0.39, 0.29) is 5.69 Å². The number of esters is 1. The van der Waals surface area contributed by atoms with Gasteiger partial charge >= 0.3 is 5.97 Å². The summed E-state index contributed by atoms with van der Waals surface area (Å²) in [6.07, 6.45) is 5.87. The van der Waals surface area contributed by atoms with Crippen LogP contribution in [0.4, 0.5) is 0 Å². The minimum Gasteiger partial charge on any atom is -0.488 e. The molecule has 0 unspecified atom stereocenters. The number of nitrogens with zero attached hydrogens (tertiary/aromatic N) is 2. The van der Waals surface area contributed by atoms with Crippen LogP contribution in [0.3, 0.4) is 0 Å². The number of carbonyl (C=O) groups excluding carboxylic acids is 1. The first-order valence-electron chi connectivity index (χ1n) is 10.4. The van der Waals surface area contributed by atoms with Crippen LogP contribution in [0.5, 0.6) is 5.75 Å². The van der Waals surface area contributed by atoms with E-state index in [4.69, 9.17) is 32.7 Å². The Morgan fingerprint density at radius 3 is 2.69 bits per heavy atom. The van der Waals surface area contributed by atoms with Crippen LogP contribution in [0.2, 0.25) is 10.0 Å². The molecule has 1 aliphatic carbocycles. The molecule has 0 saturated carbocycles. The fraction of sp³-hybridized carbons (Fsp3) is 0.240. The zero-order chi connectivity index (χ0) is 22.5. The summed E-state index contributed by atoms with van der Waals surface area (Å²) < 4.78 is 11.2. The molecule has 5 nitrogen and oxygen atoms in total. The Hall–Kier alpha value is -2.89. The van der Waals surface area contributed by atoms with Crippen LogP contribution in [-0.4, -0.2) is 22.5 Å². The lowest BCUT2D eigenvalue weighted by atomic mass is 9.99. The molecule has 0 spiro atoms. The Kier molecular flexibility index (Phi) is 7.08. The van der Waals surface area contributed by atoms with Crippen molar-refractivity contribution in [1.29, 1.82) is 0 Å². The van der Waals surface area contributed by atoms with Gasteiger partial charge in [0.1, 0.15) is 12.4 Å². The van der Waals surface area contributed by atoms with E-state index in [2.05, 4.69) is 9.97 Å². The van der Waals surface area contributed by atoms with Crippen LogP contribution in [0, 0.1) is 0 Å². The van der Waals surface area contributed by atoms with E-state index in [0.717, 1.165) is 47.3 Å². The van der Waals surface area contributed by atoms with E-state index >= 15 is 0 Å². The first-order valence-corrected chi connectivity index (χ1v) is 11.2. The number of benzene rings is 2. The quantitative estimate of drug-likeness (QED) is 0.364. The molecule has 2 aromatic carbocycles. The van der Waals surface area contributed by atoms with Crippen molar-refractivity contribution in [2.24, 2.45) is 0 Å². The van der Waals surface area contributed by atoms with Gasteiger partial charge in [0.15, 0.2) is 5.69 Å². The van der Waals surface area contributed by atoms with Crippen molar-refractivity contribution in [3.63, 3.8) is 0 Å².